The molecule has 1 aromatic rings. The second-order valence-electron chi connectivity index (χ2n) is 3.34. The van der Waals surface area contributed by atoms with E-state index in [-0.39, 0.29) is 0 Å². The molecule has 1 aromatic carbocycles. The number of benzene rings is 1. The van der Waals surface area contributed by atoms with Crippen LogP contribution < -0.4 is 0 Å². The van der Waals surface area contributed by atoms with Gasteiger partial charge in [-0.25, -0.2) is 0 Å². The van der Waals surface area contributed by atoms with Crippen molar-refractivity contribution in [3.05, 3.63) is 66.3 Å². The Labute approximate surface area is 92.6 Å². The van der Waals surface area contributed by atoms with Gasteiger partial charge < -0.3 is 0 Å². The first kappa shape index (κ1) is 11.5. The zero-order valence-corrected chi connectivity index (χ0v) is 9.27. The standard InChI is InChI=1S/C15H18/c1-2-3-4-5-6-7-9-12-15-13-10-8-11-14-15/h2-3,6-14H,4-5H2,1H3/b3-2+,7-6-,12-9-. The Bertz CT molecular complexity index is 328. The zero-order valence-electron chi connectivity index (χ0n) is 9.27. The second kappa shape index (κ2) is 7.81. The minimum atomic E-state index is 1.11. The van der Waals surface area contributed by atoms with Crippen LogP contribution in [0.4, 0.5) is 0 Å². The molecule has 0 amide bonds. The highest BCUT2D eigenvalue weighted by atomic mass is 13.9. The van der Waals surface area contributed by atoms with Gasteiger partial charge in [-0.15, -0.1) is 0 Å². The van der Waals surface area contributed by atoms with E-state index in [2.05, 4.69) is 67.6 Å². The average Bonchev–Trinajstić information content (AvgIpc) is 2.29. The Morgan fingerprint density at radius 2 is 1.67 bits per heavy atom. The first-order chi connectivity index (χ1) is 7.43. The average molecular weight is 198 g/mol. The molecule has 0 unspecified atom stereocenters. The van der Waals surface area contributed by atoms with Crippen molar-refractivity contribution in [3.8, 4) is 0 Å². The van der Waals surface area contributed by atoms with E-state index in [0.717, 1.165) is 12.8 Å². The van der Waals surface area contributed by atoms with Gasteiger partial charge in [0, 0.05) is 0 Å². The van der Waals surface area contributed by atoms with Gasteiger partial charge in [0.25, 0.3) is 0 Å². The van der Waals surface area contributed by atoms with Crippen molar-refractivity contribution in [3.63, 3.8) is 0 Å². The summed E-state index contributed by atoms with van der Waals surface area (Å²) in [6.07, 6.45) is 15.0. The molecule has 0 fully saturated rings. The Balaban J connectivity index is 2.27. The fourth-order valence-electron chi connectivity index (χ4n) is 1.26. The third-order valence-corrected chi connectivity index (χ3v) is 2.07. The van der Waals surface area contributed by atoms with Gasteiger partial charge in [-0.05, 0) is 25.3 Å². The molecule has 0 nitrogen and oxygen atoms in total. The first-order valence-corrected chi connectivity index (χ1v) is 5.43. The van der Waals surface area contributed by atoms with Gasteiger partial charge in [0.05, 0.1) is 0 Å². The van der Waals surface area contributed by atoms with Crippen molar-refractivity contribution in [1.82, 2.24) is 0 Å². The molecule has 0 heterocycles. The monoisotopic (exact) mass is 198 g/mol. The first-order valence-electron chi connectivity index (χ1n) is 5.43. The second-order valence-corrected chi connectivity index (χ2v) is 3.34. The molecule has 0 aliphatic rings. The van der Waals surface area contributed by atoms with E-state index in [1.165, 1.54) is 5.56 Å². The van der Waals surface area contributed by atoms with Crippen molar-refractivity contribution in [2.24, 2.45) is 0 Å². The third kappa shape index (κ3) is 5.69. The van der Waals surface area contributed by atoms with E-state index in [1.54, 1.807) is 0 Å². The molecule has 0 heteroatoms. The number of unbranched alkanes of at least 4 members (excludes halogenated alkanes) is 1. The van der Waals surface area contributed by atoms with Crippen LogP contribution in [0, 0.1) is 0 Å². The maximum absolute atomic E-state index is 2.19. The Kier molecular flexibility index (Phi) is 5.99. The number of hydrogen-bond donors (Lipinski definition) is 0. The third-order valence-electron chi connectivity index (χ3n) is 2.07. The maximum atomic E-state index is 2.19. The normalized spacial score (nSPS) is 12.1. The predicted molar refractivity (Wildman–Crippen MR) is 68.7 cm³/mol. The van der Waals surface area contributed by atoms with Crippen molar-refractivity contribution < 1.29 is 0 Å². The fourth-order valence-corrected chi connectivity index (χ4v) is 1.26. The molecule has 0 radical (unpaired) electrons. The summed E-state index contributed by atoms with van der Waals surface area (Å²) in [7, 11) is 0. The molecule has 1 rings (SSSR count). The lowest BCUT2D eigenvalue weighted by molar-refractivity contribution is 1.05. The minimum absolute atomic E-state index is 1.11. The van der Waals surface area contributed by atoms with Gasteiger partial charge in [0.15, 0.2) is 0 Å². The lowest BCUT2D eigenvalue weighted by Gasteiger charge is -1.88. The molecular formula is C15H18. The van der Waals surface area contributed by atoms with E-state index >= 15 is 0 Å². The van der Waals surface area contributed by atoms with E-state index < -0.39 is 0 Å². The van der Waals surface area contributed by atoms with Crippen molar-refractivity contribution in [1.29, 1.82) is 0 Å². The lowest BCUT2D eigenvalue weighted by atomic mass is 10.2. The highest BCUT2D eigenvalue weighted by Gasteiger charge is 1.79. The molecule has 0 aromatic heterocycles. The van der Waals surface area contributed by atoms with Gasteiger partial charge in [-0.3, -0.25) is 0 Å². The summed E-state index contributed by atoms with van der Waals surface area (Å²) in [5.74, 6) is 0. The quantitative estimate of drug-likeness (QED) is 0.368. The molecule has 0 saturated heterocycles. The Morgan fingerprint density at radius 1 is 0.933 bits per heavy atom. The zero-order chi connectivity index (χ0) is 10.8. The summed E-state index contributed by atoms with van der Waals surface area (Å²) in [5.41, 5.74) is 1.25. The smallest absolute Gasteiger partial charge is 0.0257 e. The Morgan fingerprint density at radius 3 is 2.40 bits per heavy atom. The van der Waals surface area contributed by atoms with Crippen LogP contribution in [0.5, 0.6) is 0 Å². The molecular weight excluding hydrogens is 180 g/mol. The van der Waals surface area contributed by atoms with Crippen LogP contribution in [0.15, 0.2) is 60.7 Å². The molecule has 0 aliphatic heterocycles. The molecule has 78 valence electrons. The lowest BCUT2D eigenvalue weighted by Crippen LogP contribution is -1.67. The fraction of sp³-hybridized carbons (Fsp3) is 0.200. The largest absolute Gasteiger partial charge is 0.0917 e. The molecule has 0 N–H and O–H groups in total. The van der Waals surface area contributed by atoms with E-state index in [4.69, 9.17) is 0 Å². The molecule has 0 saturated carbocycles. The van der Waals surface area contributed by atoms with Gasteiger partial charge in [0.1, 0.15) is 0 Å². The molecule has 0 atom stereocenters. The molecule has 0 aliphatic carbocycles. The van der Waals surface area contributed by atoms with Crippen LogP contribution in [0.1, 0.15) is 25.3 Å². The van der Waals surface area contributed by atoms with Crippen molar-refractivity contribution >= 4 is 6.08 Å². The van der Waals surface area contributed by atoms with Gasteiger partial charge in [-0.1, -0.05) is 66.8 Å². The summed E-state index contributed by atoms with van der Waals surface area (Å²) >= 11 is 0. The van der Waals surface area contributed by atoms with Crippen LogP contribution in [0.2, 0.25) is 0 Å². The van der Waals surface area contributed by atoms with Crippen LogP contribution in [-0.2, 0) is 0 Å². The van der Waals surface area contributed by atoms with Gasteiger partial charge in [-0.2, -0.15) is 0 Å². The summed E-state index contributed by atoms with van der Waals surface area (Å²) in [6.45, 7) is 2.05. The SMILES string of the molecule is C/C=C/CC/C=C\C=C/c1ccccc1. The number of allylic oxidation sites excluding steroid dienone is 5. The Hall–Kier alpha value is -1.56. The van der Waals surface area contributed by atoms with Crippen molar-refractivity contribution in [2.75, 3.05) is 0 Å². The highest BCUT2D eigenvalue weighted by Crippen LogP contribution is 2.01. The summed E-state index contributed by atoms with van der Waals surface area (Å²) < 4.78 is 0. The van der Waals surface area contributed by atoms with Gasteiger partial charge in [0.2, 0.25) is 0 Å². The van der Waals surface area contributed by atoms with E-state index in [0.29, 0.717) is 0 Å². The molecule has 0 bridgehead atoms. The number of hydrogen-bond acceptors (Lipinski definition) is 0. The van der Waals surface area contributed by atoms with Crippen LogP contribution in [0.25, 0.3) is 6.08 Å². The van der Waals surface area contributed by atoms with Crippen molar-refractivity contribution in [2.45, 2.75) is 19.8 Å². The van der Waals surface area contributed by atoms with Gasteiger partial charge >= 0.3 is 0 Å². The maximum Gasteiger partial charge on any atom is -0.0257 e. The van der Waals surface area contributed by atoms with E-state index in [9.17, 15) is 0 Å². The highest BCUT2D eigenvalue weighted by molar-refractivity contribution is 5.50. The molecule has 15 heavy (non-hydrogen) atoms. The summed E-state index contributed by atoms with van der Waals surface area (Å²) in [6, 6.07) is 10.3. The number of rotatable bonds is 5. The topological polar surface area (TPSA) is 0 Å². The van der Waals surface area contributed by atoms with E-state index in [1.807, 2.05) is 6.07 Å². The summed E-state index contributed by atoms with van der Waals surface area (Å²) in [5, 5.41) is 0. The summed E-state index contributed by atoms with van der Waals surface area (Å²) in [4.78, 5) is 0. The van der Waals surface area contributed by atoms with Crippen LogP contribution in [-0.4, -0.2) is 0 Å². The van der Waals surface area contributed by atoms with Crippen LogP contribution >= 0.6 is 0 Å². The predicted octanol–water partition coefficient (Wildman–Crippen LogP) is 4.61. The molecule has 0 spiro atoms. The van der Waals surface area contributed by atoms with Crippen LogP contribution in [0.3, 0.4) is 0 Å². The minimum Gasteiger partial charge on any atom is -0.0917 e.